The van der Waals surface area contributed by atoms with E-state index in [4.69, 9.17) is 28.5 Å². The summed E-state index contributed by atoms with van der Waals surface area (Å²) >= 11 is 0. The number of carbonyl (C=O) groups excluding carboxylic acids is 2. The number of rotatable bonds is 41. The molecule has 1 aliphatic rings. The molecule has 1 rings (SSSR count). The fraction of sp³-hybridized carbons (Fsp3) is 0.696. The molecule has 0 aromatic carbocycles. The van der Waals surface area contributed by atoms with Crippen molar-refractivity contribution in [3.63, 3.8) is 0 Å². The Morgan fingerprint density at radius 1 is 0.565 bits per heavy atom. The molecule has 1 fully saturated rings. The molecule has 3 unspecified atom stereocenters. The van der Waals surface area contributed by atoms with E-state index in [-0.39, 0.29) is 12.8 Å². The first kappa shape index (κ1) is 57.5. The first-order valence-corrected chi connectivity index (χ1v) is 25.8. The summed E-state index contributed by atoms with van der Waals surface area (Å²) in [5, 5.41) is 9.75. The lowest BCUT2D eigenvalue weighted by Gasteiger charge is -2.20. The summed E-state index contributed by atoms with van der Waals surface area (Å²) in [7, 11) is -9.71. The highest BCUT2D eigenvalue weighted by Gasteiger charge is 2.36. The molecule has 0 bridgehead atoms. The van der Waals surface area contributed by atoms with Crippen LogP contribution in [0.4, 0.5) is 0 Å². The molecular weight excluding hydrogens is 838 g/mol. The number of phosphoric ester groups is 2. The molecule has 0 amide bonds. The van der Waals surface area contributed by atoms with Crippen LogP contribution >= 0.6 is 15.6 Å². The van der Waals surface area contributed by atoms with Gasteiger partial charge in [-0.1, -0.05) is 132 Å². The van der Waals surface area contributed by atoms with Gasteiger partial charge in [-0.25, -0.2) is 9.13 Å². The molecule has 356 valence electrons. The van der Waals surface area contributed by atoms with Gasteiger partial charge in [-0.2, -0.15) is 0 Å². The fourth-order valence-corrected chi connectivity index (χ4v) is 7.07. The summed E-state index contributed by atoms with van der Waals surface area (Å²) in [6.45, 7) is 1.60. The summed E-state index contributed by atoms with van der Waals surface area (Å²) < 4.78 is 53.5. The van der Waals surface area contributed by atoms with Gasteiger partial charge in [-0.15, -0.1) is 0 Å². The molecule has 14 nitrogen and oxygen atoms in total. The minimum Gasteiger partial charge on any atom is -0.462 e. The molecular formula is C46H78O14P2. The highest BCUT2D eigenvalue weighted by atomic mass is 31.2. The summed E-state index contributed by atoms with van der Waals surface area (Å²) in [6, 6.07) is 0. The van der Waals surface area contributed by atoms with Gasteiger partial charge in [-0.3, -0.25) is 23.2 Å². The van der Waals surface area contributed by atoms with Crippen LogP contribution in [0.25, 0.3) is 0 Å². The van der Waals surface area contributed by atoms with E-state index in [9.17, 15) is 28.7 Å². The Bertz CT molecular complexity index is 1440. The Morgan fingerprint density at radius 2 is 1.06 bits per heavy atom. The third-order valence-corrected chi connectivity index (χ3v) is 10.9. The van der Waals surface area contributed by atoms with E-state index in [0.717, 1.165) is 70.6 Å². The molecule has 1 aliphatic heterocycles. The van der Waals surface area contributed by atoms with Crippen molar-refractivity contribution < 1.29 is 66.3 Å². The smallest absolute Gasteiger partial charge is 0.462 e. The largest absolute Gasteiger partial charge is 0.472 e. The summed E-state index contributed by atoms with van der Waals surface area (Å²) in [6.07, 6.45) is 43.6. The van der Waals surface area contributed by atoms with Crippen LogP contribution < -0.4 is 0 Å². The predicted molar refractivity (Wildman–Crippen MR) is 243 cm³/mol. The van der Waals surface area contributed by atoms with Gasteiger partial charge in [0, 0.05) is 12.8 Å². The van der Waals surface area contributed by atoms with E-state index in [1.54, 1.807) is 0 Å². The van der Waals surface area contributed by atoms with E-state index in [1.807, 2.05) is 12.2 Å². The van der Waals surface area contributed by atoms with E-state index >= 15 is 0 Å². The quantitative estimate of drug-likeness (QED) is 0.0148. The number of aliphatic hydroxyl groups is 1. The van der Waals surface area contributed by atoms with Crippen molar-refractivity contribution in [2.45, 2.75) is 180 Å². The molecule has 1 heterocycles. The Labute approximate surface area is 371 Å². The Kier molecular flexibility index (Phi) is 35.1. The molecule has 0 aliphatic carbocycles. The third-order valence-electron chi connectivity index (χ3n) is 9.48. The zero-order valence-corrected chi connectivity index (χ0v) is 39.2. The standard InChI is InChI=1S/C46H78O14P2/c1-3-5-7-8-9-10-11-12-13-14-15-16-17-22-25-28-32-36-46(49)59-42(40-58-62(53,54)57-38-41(47)37-56-61(50,51)52)39-55-45(48)35-31-27-24-21-19-18-20-23-26-30-34-44-43(60-44)33-29-6-4-2/h9-10,12-13,15-16,18,20-21,24,26,30,41-44,47H,3-8,11,14,17,19,22-23,25,27-29,31-40H2,1-2H3,(H,53,54)(H2,50,51,52)/b10-9-,13-12-,16-15-,20-18-,24-21-,30-26-/t41-,42+,43?,44?/m0/s1. The van der Waals surface area contributed by atoms with Gasteiger partial charge in [0.15, 0.2) is 6.10 Å². The van der Waals surface area contributed by atoms with Crippen LogP contribution in [0.15, 0.2) is 72.9 Å². The van der Waals surface area contributed by atoms with Crippen LogP contribution in [0.1, 0.15) is 155 Å². The van der Waals surface area contributed by atoms with Crippen molar-refractivity contribution >= 4 is 27.6 Å². The van der Waals surface area contributed by atoms with Crippen LogP contribution in [0.3, 0.4) is 0 Å². The lowest BCUT2D eigenvalue weighted by Crippen LogP contribution is -2.30. The van der Waals surface area contributed by atoms with Crippen LogP contribution in [-0.2, 0) is 46.5 Å². The molecule has 0 spiro atoms. The Hall–Kier alpha value is -2.48. The molecule has 0 aromatic rings. The minimum absolute atomic E-state index is 0.0882. The van der Waals surface area contributed by atoms with Gasteiger partial charge in [0.25, 0.3) is 0 Å². The lowest BCUT2D eigenvalue weighted by atomic mass is 10.1. The molecule has 5 atom stereocenters. The van der Waals surface area contributed by atoms with Crippen LogP contribution in [0.5, 0.6) is 0 Å². The van der Waals surface area contributed by atoms with Crippen molar-refractivity contribution in [1.82, 2.24) is 0 Å². The fourth-order valence-electron chi connectivity index (χ4n) is 5.91. The van der Waals surface area contributed by atoms with Crippen LogP contribution in [0, 0.1) is 0 Å². The monoisotopic (exact) mass is 916 g/mol. The van der Waals surface area contributed by atoms with Crippen molar-refractivity contribution in [2.24, 2.45) is 0 Å². The van der Waals surface area contributed by atoms with Crippen molar-refractivity contribution in [3.05, 3.63) is 72.9 Å². The lowest BCUT2D eigenvalue weighted by molar-refractivity contribution is -0.161. The Morgan fingerprint density at radius 3 is 1.68 bits per heavy atom. The van der Waals surface area contributed by atoms with Crippen LogP contribution in [-0.4, -0.2) is 82.6 Å². The van der Waals surface area contributed by atoms with Crippen molar-refractivity contribution in [1.29, 1.82) is 0 Å². The number of carbonyl (C=O) groups is 2. The topological polar surface area (TPSA) is 208 Å². The normalized spacial score (nSPS) is 17.9. The van der Waals surface area contributed by atoms with E-state index in [0.29, 0.717) is 31.5 Å². The maximum atomic E-state index is 12.7. The average molecular weight is 917 g/mol. The molecule has 0 radical (unpaired) electrons. The first-order chi connectivity index (χ1) is 29.8. The number of hydrogen-bond donors (Lipinski definition) is 4. The number of ether oxygens (including phenoxy) is 3. The highest BCUT2D eigenvalue weighted by Crippen LogP contribution is 2.44. The molecule has 0 aromatic heterocycles. The summed E-state index contributed by atoms with van der Waals surface area (Å²) in [5.74, 6) is -1.13. The number of esters is 2. The minimum atomic E-state index is -4.88. The summed E-state index contributed by atoms with van der Waals surface area (Å²) in [5.41, 5.74) is 0. The van der Waals surface area contributed by atoms with Crippen molar-refractivity contribution in [2.75, 3.05) is 26.4 Å². The van der Waals surface area contributed by atoms with Gasteiger partial charge in [0.2, 0.25) is 0 Å². The van der Waals surface area contributed by atoms with Gasteiger partial charge in [-0.05, 0) is 83.5 Å². The predicted octanol–water partition coefficient (Wildman–Crippen LogP) is 10.8. The molecule has 16 heteroatoms. The maximum absolute atomic E-state index is 12.7. The number of unbranched alkanes of at least 4 members (excludes halogenated alkanes) is 10. The van der Waals surface area contributed by atoms with E-state index in [2.05, 4.69) is 83.7 Å². The van der Waals surface area contributed by atoms with Crippen molar-refractivity contribution in [3.8, 4) is 0 Å². The summed E-state index contributed by atoms with van der Waals surface area (Å²) in [4.78, 5) is 52.7. The molecule has 0 saturated carbocycles. The third kappa shape index (κ3) is 38.0. The molecule has 1 saturated heterocycles. The highest BCUT2D eigenvalue weighted by molar-refractivity contribution is 7.47. The average Bonchev–Trinajstić information content (AvgIpc) is 3.99. The molecule has 4 N–H and O–H groups in total. The number of aliphatic hydroxyl groups excluding tert-OH is 1. The zero-order valence-electron chi connectivity index (χ0n) is 37.4. The number of epoxide rings is 1. The zero-order chi connectivity index (χ0) is 45.6. The molecule has 62 heavy (non-hydrogen) atoms. The van der Waals surface area contributed by atoms with Gasteiger partial charge in [0.05, 0.1) is 32.0 Å². The first-order valence-electron chi connectivity index (χ1n) is 22.8. The second-order valence-corrected chi connectivity index (χ2v) is 18.0. The second-order valence-electron chi connectivity index (χ2n) is 15.4. The number of phosphoric acid groups is 2. The van der Waals surface area contributed by atoms with E-state index in [1.165, 1.54) is 38.5 Å². The van der Waals surface area contributed by atoms with Gasteiger partial charge < -0.3 is 34.0 Å². The van der Waals surface area contributed by atoms with Gasteiger partial charge >= 0.3 is 27.6 Å². The second kappa shape index (κ2) is 37.9. The number of allylic oxidation sites excluding steroid dienone is 11. The number of hydrogen-bond acceptors (Lipinski definition) is 11. The SMILES string of the molecule is CCCCC/C=C\C/C=C\C/C=C\CCCCCCC(=O)O[C@H](COC(=O)CCC/C=C\C/C=C\C/C=C\CC1OC1CCCCC)COP(=O)(O)OC[C@@H](O)COP(=O)(O)O. The van der Waals surface area contributed by atoms with Crippen LogP contribution in [0.2, 0.25) is 0 Å². The van der Waals surface area contributed by atoms with Gasteiger partial charge in [0.1, 0.15) is 12.7 Å². The Balaban J connectivity index is 2.40. The maximum Gasteiger partial charge on any atom is 0.472 e. The van der Waals surface area contributed by atoms with E-state index < -0.39 is 66.2 Å².